The van der Waals surface area contributed by atoms with Crippen LogP contribution < -0.4 is 5.32 Å². The van der Waals surface area contributed by atoms with Gasteiger partial charge < -0.3 is 20.1 Å². The van der Waals surface area contributed by atoms with Gasteiger partial charge in [0.15, 0.2) is 0 Å². The molecule has 1 aliphatic carbocycles. The number of amides is 2. The van der Waals surface area contributed by atoms with Gasteiger partial charge in [-0.3, -0.25) is 0 Å². The number of urea groups is 1. The predicted molar refractivity (Wildman–Crippen MR) is 110 cm³/mol. The molecule has 5 heteroatoms. The first kappa shape index (κ1) is 19.0. The van der Waals surface area contributed by atoms with E-state index in [9.17, 15) is 9.90 Å². The van der Waals surface area contributed by atoms with Crippen molar-refractivity contribution in [2.75, 3.05) is 32.1 Å². The monoisotopic (exact) mass is 380 g/mol. The molecule has 0 spiro atoms. The molecule has 0 bridgehead atoms. The summed E-state index contributed by atoms with van der Waals surface area (Å²) in [6.07, 6.45) is 2.08. The molecule has 148 valence electrons. The Balaban J connectivity index is 1.41. The summed E-state index contributed by atoms with van der Waals surface area (Å²) in [7, 11) is 1.64. The summed E-state index contributed by atoms with van der Waals surface area (Å²) in [5.74, 6) is 0.0108. The molecule has 2 atom stereocenters. The van der Waals surface area contributed by atoms with Gasteiger partial charge in [-0.05, 0) is 53.6 Å². The largest absolute Gasteiger partial charge is 0.389 e. The number of carbonyl (C=O) groups is 1. The average molecular weight is 380 g/mol. The van der Waals surface area contributed by atoms with Crippen LogP contribution in [-0.2, 0) is 11.2 Å². The van der Waals surface area contributed by atoms with Gasteiger partial charge in [0, 0.05) is 38.4 Å². The van der Waals surface area contributed by atoms with Gasteiger partial charge in [0.2, 0.25) is 0 Å². The van der Waals surface area contributed by atoms with Crippen molar-refractivity contribution in [3.8, 4) is 11.1 Å². The number of hydrogen-bond donors (Lipinski definition) is 2. The van der Waals surface area contributed by atoms with E-state index < -0.39 is 5.60 Å². The Morgan fingerprint density at radius 3 is 2.82 bits per heavy atom. The second-order valence-electron chi connectivity index (χ2n) is 8.08. The molecule has 2 aromatic rings. The number of methoxy groups -OCH3 is 1. The first-order valence-electron chi connectivity index (χ1n) is 9.98. The Hall–Kier alpha value is -2.37. The van der Waals surface area contributed by atoms with Crippen LogP contribution in [-0.4, -0.2) is 48.4 Å². The number of carbonyl (C=O) groups excluding carboxylic acids is 1. The molecule has 0 unspecified atom stereocenters. The van der Waals surface area contributed by atoms with Crippen molar-refractivity contribution in [2.45, 2.75) is 31.8 Å². The van der Waals surface area contributed by atoms with Crippen LogP contribution in [0.1, 0.15) is 30.9 Å². The number of rotatable bonds is 4. The Kier molecular flexibility index (Phi) is 5.13. The molecular weight excluding hydrogens is 352 g/mol. The molecule has 1 fully saturated rings. The normalized spacial score (nSPS) is 23.2. The van der Waals surface area contributed by atoms with Crippen molar-refractivity contribution in [1.29, 1.82) is 0 Å². The highest BCUT2D eigenvalue weighted by atomic mass is 16.5. The summed E-state index contributed by atoms with van der Waals surface area (Å²) in [6, 6.07) is 14.5. The fraction of sp³-hybridized carbons (Fsp3) is 0.435. The minimum Gasteiger partial charge on any atom is -0.389 e. The molecule has 1 heterocycles. The minimum absolute atomic E-state index is 0.0108. The van der Waals surface area contributed by atoms with Crippen molar-refractivity contribution in [3.63, 3.8) is 0 Å². The quantitative estimate of drug-likeness (QED) is 0.722. The van der Waals surface area contributed by atoms with E-state index in [1.807, 2.05) is 13.0 Å². The van der Waals surface area contributed by atoms with Crippen LogP contribution in [0, 0.1) is 5.92 Å². The number of ether oxygens (including phenoxy) is 1. The van der Waals surface area contributed by atoms with Gasteiger partial charge in [-0.15, -0.1) is 0 Å². The maximum absolute atomic E-state index is 12.8. The third-order valence-corrected chi connectivity index (χ3v) is 6.30. The van der Waals surface area contributed by atoms with Gasteiger partial charge in [-0.1, -0.05) is 37.3 Å². The Labute approximate surface area is 166 Å². The van der Waals surface area contributed by atoms with Crippen LogP contribution in [0.5, 0.6) is 0 Å². The van der Waals surface area contributed by atoms with Crippen molar-refractivity contribution in [2.24, 2.45) is 5.92 Å². The number of hydrogen-bond acceptors (Lipinski definition) is 3. The highest BCUT2D eigenvalue weighted by molar-refractivity contribution is 5.90. The van der Waals surface area contributed by atoms with Crippen molar-refractivity contribution in [3.05, 3.63) is 53.6 Å². The van der Waals surface area contributed by atoms with E-state index in [0.29, 0.717) is 32.5 Å². The molecule has 1 saturated heterocycles. The smallest absolute Gasteiger partial charge is 0.321 e. The minimum atomic E-state index is -0.758. The number of fused-ring (bicyclic) bond motifs is 3. The molecule has 28 heavy (non-hydrogen) atoms. The molecule has 0 radical (unpaired) electrons. The molecule has 0 aromatic heterocycles. The van der Waals surface area contributed by atoms with E-state index in [1.165, 1.54) is 22.3 Å². The van der Waals surface area contributed by atoms with Gasteiger partial charge in [-0.2, -0.15) is 0 Å². The second kappa shape index (κ2) is 7.57. The third-order valence-electron chi connectivity index (χ3n) is 6.30. The first-order chi connectivity index (χ1) is 13.5. The van der Waals surface area contributed by atoms with Crippen LogP contribution >= 0.6 is 0 Å². The zero-order chi connectivity index (χ0) is 19.7. The Morgan fingerprint density at radius 2 is 2.04 bits per heavy atom. The lowest BCUT2D eigenvalue weighted by Crippen LogP contribution is -2.53. The van der Waals surface area contributed by atoms with Crippen molar-refractivity contribution < 1.29 is 14.6 Å². The third kappa shape index (κ3) is 3.52. The van der Waals surface area contributed by atoms with Gasteiger partial charge >= 0.3 is 6.03 Å². The average Bonchev–Trinajstić information content (AvgIpc) is 3.06. The SMILES string of the molecule is COCC[C@@]1(O)CCN(C(=O)Nc2ccc3c(c2)Cc2ccccc2-3)C[C@@H]1C. The Morgan fingerprint density at radius 1 is 1.25 bits per heavy atom. The first-order valence-corrected chi connectivity index (χ1v) is 9.98. The fourth-order valence-electron chi connectivity index (χ4n) is 4.43. The summed E-state index contributed by atoms with van der Waals surface area (Å²) < 4.78 is 5.12. The summed E-state index contributed by atoms with van der Waals surface area (Å²) >= 11 is 0. The van der Waals surface area contributed by atoms with E-state index in [2.05, 4.69) is 41.7 Å². The summed E-state index contributed by atoms with van der Waals surface area (Å²) in [5, 5.41) is 13.9. The molecular formula is C23H28N2O3. The van der Waals surface area contributed by atoms with Crippen LogP contribution in [0.4, 0.5) is 10.5 Å². The summed E-state index contributed by atoms with van der Waals surface area (Å²) in [4.78, 5) is 14.6. The van der Waals surface area contributed by atoms with Crippen molar-refractivity contribution in [1.82, 2.24) is 4.90 Å². The number of nitrogens with one attached hydrogen (secondary N) is 1. The lowest BCUT2D eigenvalue weighted by molar-refractivity contribution is -0.0725. The van der Waals surface area contributed by atoms with Crippen LogP contribution in [0.15, 0.2) is 42.5 Å². The lowest BCUT2D eigenvalue weighted by atomic mass is 9.80. The standard InChI is InChI=1S/C23H28N2O3/c1-16-15-25(11-9-23(16,27)10-12-28-2)22(26)24-19-7-8-21-18(14-19)13-17-5-3-4-6-20(17)21/h3-8,14,16,27H,9-13,15H2,1-2H3,(H,24,26)/t16-,23-/m0/s1. The highest BCUT2D eigenvalue weighted by Crippen LogP contribution is 2.37. The topological polar surface area (TPSA) is 61.8 Å². The van der Waals surface area contributed by atoms with Gasteiger partial charge in [-0.25, -0.2) is 4.79 Å². The van der Waals surface area contributed by atoms with E-state index in [1.54, 1.807) is 12.0 Å². The molecule has 0 saturated carbocycles. The number of nitrogens with zero attached hydrogens (tertiary/aromatic N) is 1. The lowest BCUT2D eigenvalue weighted by Gasteiger charge is -2.43. The van der Waals surface area contributed by atoms with Crippen LogP contribution in [0.2, 0.25) is 0 Å². The fourth-order valence-corrected chi connectivity index (χ4v) is 4.43. The van der Waals surface area contributed by atoms with Crippen LogP contribution in [0.25, 0.3) is 11.1 Å². The van der Waals surface area contributed by atoms with Crippen molar-refractivity contribution >= 4 is 11.7 Å². The highest BCUT2D eigenvalue weighted by Gasteiger charge is 2.39. The molecule has 1 aliphatic heterocycles. The summed E-state index contributed by atoms with van der Waals surface area (Å²) in [6.45, 7) is 3.63. The predicted octanol–water partition coefficient (Wildman–Crippen LogP) is 3.90. The maximum atomic E-state index is 12.8. The number of benzene rings is 2. The molecule has 4 rings (SSSR count). The zero-order valence-corrected chi connectivity index (χ0v) is 16.6. The molecule has 2 N–H and O–H groups in total. The van der Waals surface area contributed by atoms with Crippen LogP contribution in [0.3, 0.4) is 0 Å². The molecule has 2 aromatic carbocycles. The zero-order valence-electron chi connectivity index (χ0n) is 16.6. The van der Waals surface area contributed by atoms with E-state index in [0.717, 1.165) is 12.1 Å². The van der Waals surface area contributed by atoms with E-state index in [4.69, 9.17) is 4.74 Å². The molecule has 5 nitrogen and oxygen atoms in total. The van der Waals surface area contributed by atoms with E-state index in [-0.39, 0.29) is 11.9 Å². The van der Waals surface area contributed by atoms with E-state index >= 15 is 0 Å². The maximum Gasteiger partial charge on any atom is 0.321 e. The number of likely N-dealkylation sites (tertiary alicyclic amines) is 1. The molecule has 2 amide bonds. The molecule has 2 aliphatic rings. The van der Waals surface area contributed by atoms with Gasteiger partial charge in [0.25, 0.3) is 0 Å². The number of anilines is 1. The number of piperidine rings is 1. The Bertz CT molecular complexity index is 882. The van der Waals surface area contributed by atoms with Gasteiger partial charge in [0.1, 0.15) is 0 Å². The summed E-state index contributed by atoms with van der Waals surface area (Å²) in [5.41, 5.74) is 5.19. The van der Waals surface area contributed by atoms with Gasteiger partial charge in [0.05, 0.1) is 5.60 Å². The second-order valence-corrected chi connectivity index (χ2v) is 8.08. The number of aliphatic hydroxyl groups is 1.